The molecular formula is C19H22ClNO2. The predicted octanol–water partition coefficient (Wildman–Crippen LogP) is 4.10. The van der Waals surface area contributed by atoms with Crippen LogP contribution in [0.1, 0.15) is 30.9 Å². The maximum atomic E-state index is 9.51. The fourth-order valence-corrected chi connectivity index (χ4v) is 4.37. The molecule has 1 aromatic rings. The van der Waals surface area contributed by atoms with E-state index in [9.17, 15) is 5.11 Å². The molecule has 4 rings (SSSR count). The van der Waals surface area contributed by atoms with Crippen LogP contribution in [0.5, 0.6) is 0 Å². The van der Waals surface area contributed by atoms with Gasteiger partial charge in [-0.1, -0.05) is 35.9 Å². The van der Waals surface area contributed by atoms with Crippen LogP contribution in [0.2, 0.25) is 5.02 Å². The van der Waals surface area contributed by atoms with Gasteiger partial charge in [-0.3, -0.25) is 0 Å². The van der Waals surface area contributed by atoms with Gasteiger partial charge in [-0.05, 0) is 37.5 Å². The number of hydrogen-bond donors (Lipinski definition) is 2. The average molecular weight is 332 g/mol. The van der Waals surface area contributed by atoms with Crippen LogP contribution in [-0.2, 0) is 4.74 Å². The van der Waals surface area contributed by atoms with E-state index in [1.165, 1.54) is 0 Å². The Morgan fingerprint density at radius 1 is 1.26 bits per heavy atom. The zero-order valence-electron chi connectivity index (χ0n) is 13.0. The Morgan fingerprint density at radius 3 is 2.96 bits per heavy atom. The van der Waals surface area contributed by atoms with Crippen LogP contribution in [-0.4, -0.2) is 23.9 Å². The van der Waals surface area contributed by atoms with E-state index in [0.717, 1.165) is 35.5 Å². The van der Waals surface area contributed by atoms with Gasteiger partial charge in [0, 0.05) is 34.2 Å². The average Bonchev–Trinajstić information content (AvgIpc) is 2.61. The highest BCUT2D eigenvalue weighted by atomic mass is 35.5. The quantitative estimate of drug-likeness (QED) is 0.857. The molecule has 1 fully saturated rings. The van der Waals surface area contributed by atoms with Crippen molar-refractivity contribution in [1.29, 1.82) is 0 Å². The largest absolute Gasteiger partial charge is 0.394 e. The number of hydrogen-bond acceptors (Lipinski definition) is 3. The van der Waals surface area contributed by atoms with Crippen molar-refractivity contribution in [3.63, 3.8) is 0 Å². The third kappa shape index (κ3) is 2.82. The molecule has 1 aromatic carbocycles. The summed E-state index contributed by atoms with van der Waals surface area (Å²) in [7, 11) is 0. The number of anilines is 1. The zero-order chi connectivity index (χ0) is 15.8. The van der Waals surface area contributed by atoms with E-state index < -0.39 is 0 Å². The highest BCUT2D eigenvalue weighted by Crippen LogP contribution is 2.48. The number of aliphatic hydroxyl groups excluding tert-OH is 1. The first-order valence-electron chi connectivity index (χ1n) is 8.42. The molecule has 5 atom stereocenters. The van der Waals surface area contributed by atoms with Crippen LogP contribution < -0.4 is 5.32 Å². The molecule has 4 heteroatoms. The van der Waals surface area contributed by atoms with Gasteiger partial charge in [-0.15, -0.1) is 0 Å². The third-order valence-corrected chi connectivity index (χ3v) is 5.57. The first kappa shape index (κ1) is 15.3. The summed E-state index contributed by atoms with van der Waals surface area (Å²) in [6.45, 7) is 0.0866. The molecule has 0 bridgehead atoms. The minimum atomic E-state index is -0.0661. The molecule has 2 N–H and O–H groups in total. The smallest absolute Gasteiger partial charge is 0.0898 e. The molecule has 2 aliphatic heterocycles. The summed E-state index contributed by atoms with van der Waals surface area (Å²) in [5.41, 5.74) is 2.24. The monoisotopic (exact) mass is 331 g/mol. The van der Waals surface area contributed by atoms with Crippen LogP contribution >= 0.6 is 11.6 Å². The molecular weight excluding hydrogens is 310 g/mol. The minimum Gasteiger partial charge on any atom is -0.394 e. The van der Waals surface area contributed by atoms with Gasteiger partial charge in [0.15, 0.2) is 0 Å². The van der Waals surface area contributed by atoms with Crippen molar-refractivity contribution >= 4 is 17.3 Å². The third-order valence-electron chi connectivity index (χ3n) is 5.33. The van der Waals surface area contributed by atoms with Gasteiger partial charge in [0.25, 0.3) is 0 Å². The molecule has 1 unspecified atom stereocenters. The summed E-state index contributed by atoms with van der Waals surface area (Å²) in [4.78, 5) is 0. The van der Waals surface area contributed by atoms with E-state index in [4.69, 9.17) is 16.3 Å². The predicted molar refractivity (Wildman–Crippen MR) is 92.7 cm³/mol. The number of nitrogens with one attached hydrogen (secondary N) is 1. The van der Waals surface area contributed by atoms with Crippen LogP contribution in [0.25, 0.3) is 0 Å². The molecule has 0 spiro atoms. The Labute approximate surface area is 142 Å². The minimum absolute atomic E-state index is 0.0140. The Morgan fingerprint density at radius 2 is 2.17 bits per heavy atom. The van der Waals surface area contributed by atoms with Crippen molar-refractivity contribution in [1.82, 2.24) is 0 Å². The van der Waals surface area contributed by atoms with E-state index in [1.54, 1.807) is 0 Å². The van der Waals surface area contributed by atoms with Gasteiger partial charge in [-0.2, -0.15) is 0 Å². The highest BCUT2D eigenvalue weighted by Gasteiger charge is 2.43. The molecule has 23 heavy (non-hydrogen) atoms. The number of fused-ring (bicyclic) bond motifs is 3. The second-order valence-electron chi connectivity index (χ2n) is 6.72. The lowest BCUT2D eigenvalue weighted by molar-refractivity contribution is -0.112. The summed E-state index contributed by atoms with van der Waals surface area (Å²) >= 11 is 6.21. The van der Waals surface area contributed by atoms with Crippen molar-refractivity contribution in [3.05, 3.63) is 53.1 Å². The summed E-state index contributed by atoms with van der Waals surface area (Å²) in [6, 6.07) is 6.34. The topological polar surface area (TPSA) is 41.5 Å². The van der Waals surface area contributed by atoms with Crippen LogP contribution in [0, 0.1) is 11.8 Å². The normalized spacial score (nSPS) is 35.3. The molecule has 0 amide bonds. The Kier molecular flexibility index (Phi) is 4.18. The fourth-order valence-electron chi connectivity index (χ4n) is 4.19. The van der Waals surface area contributed by atoms with Gasteiger partial charge in [0.1, 0.15) is 0 Å². The standard InChI is InChI=1S/C19H22ClNO2/c20-13-6-9-17-16(10-13)19-15(8-7-14(11-22)23-19)18(21-17)12-4-2-1-3-5-12/h1-4,6,9-10,12,14-15,18-19,21-22H,5,7-8,11H2/t12?,14-,15+,18+,19+/m1/s1. The van der Waals surface area contributed by atoms with Crippen molar-refractivity contribution in [2.75, 3.05) is 11.9 Å². The Bertz CT molecular complexity index is 642. The highest BCUT2D eigenvalue weighted by molar-refractivity contribution is 6.30. The van der Waals surface area contributed by atoms with Gasteiger partial charge >= 0.3 is 0 Å². The summed E-state index contributed by atoms with van der Waals surface area (Å²) in [5.74, 6) is 0.885. The maximum Gasteiger partial charge on any atom is 0.0898 e. The van der Waals surface area contributed by atoms with Crippen LogP contribution in [0.3, 0.4) is 0 Å². The lowest BCUT2D eigenvalue weighted by atomic mass is 9.73. The Hall–Kier alpha value is -1.29. The second-order valence-corrected chi connectivity index (χ2v) is 7.15. The molecule has 0 aromatic heterocycles. The summed E-state index contributed by atoms with van der Waals surface area (Å²) in [5, 5.41) is 14.0. The first-order chi connectivity index (χ1) is 11.3. The molecule has 122 valence electrons. The van der Waals surface area contributed by atoms with Gasteiger partial charge in [-0.25, -0.2) is 0 Å². The zero-order valence-corrected chi connectivity index (χ0v) is 13.7. The van der Waals surface area contributed by atoms with Crippen LogP contribution in [0.4, 0.5) is 5.69 Å². The number of rotatable bonds is 2. The summed E-state index contributed by atoms with van der Waals surface area (Å²) in [6.07, 6.45) is 11.8. The van der Waals surface area contributed by atoms with E-state index in [-0.39, 0.29) is 18.8 Å². The number of halogens is 1. The fraction of sp³-hybridized carbons (Fsp3) is 0.474. The molecule has 0 radical (unpaired) electrons. The number of aliphatic hydroxyl groups is 1. The van der Waals surface area contributed by atoms with Gasteiger partial charge in [0.05, 0.1) is 18.8 Å². The van der Waals surface area contributed by atoms with Crippen LogP contribution in [0.15, 0.2) is 42.5 Å². The molecule has 1 aliphatic carbocycles. The van der Waals surface area contributed by atoms with Crippen molar-refractivity contribution < 1.29 is 9.84 Å². The Balaban J connectivity index is 1.70. The molecule has 2 heterocycles. The van der Waals surface area contributed by atoms with Crippen molar-refractivity contribution in [3.8, 4) is 0 Å². The van der Waals surface area contributed by atoms with Gasteiger partial charge < -0.3 is 15.2 Å². The van der Waals surface area contributed by atoms with Crippen molar-refractivity contribution in [2.45, 2.75) is 37.5 Å². The number of benzene rings is 1. The van der Waals surface area contributed by atoms with E-state index in [0.29, 0.717) is 17.9 Å². The summed E-state index contributed by atoms with van der Waals surface area (Å²) < 4.78 is 6.25. The lowest BCUT2D eigenvalue weighted by Crippen LogP contribution is -2.47. The second kappa shape index (κ2) is 6.31. The maximum absolute atomic E-state index is 9.51. The molecule has 3 aliphatic rings. The molecule has 3 nitrogen and oxygen atoms in total. The van der Waals surface area contributed by atoms with E-state index in [2.05, 4.69) is 35.7 Å². The van der Waals surface area contributed by atoms with E-state index in [1.807, 2.05) is 12.1 Å². The van der Waals surface area contributed by atoms with Crippen molar-refractivity contribution in [2.24, 2.45) is 11.8 Å². The lowest BCUT2D eigenvalue weighted by Gasteiger charge is -2.47. The first-order valence-corrected chi connectivity index (χ1v) is 8.79. The van der Waals surface area contributed by atoms with E-state index >= 15 is 0 Å². The number of allylic oxidation sites excluding steroid dienone is 3. The SMILES string of the molecule is OC[C@H]1CC[C@@H]2[C@H](O1)c1cc(Cl)ccc1N[C@H]2C1C=CC=CC1. The number of ether oxygens (including phenoxy) is 1. The van der Waals surface area contributed by atoms with Gasteiger partial charge in [0.2, 0.25) is 0 Å². The molecule has 1 saturated heterocycles. The molecule has 0 saturated carbocycles.